The van der Waals surface area contributed by atoms with Gasteiger partial charge < -0.3 is 9.88 Å². The van der Waals surface area contributed by atoms with Gasteiger partial charge in [-0.15, -0.1) is 10.2 Å². The van der Waals surface area contributed by atoms with Crippen LogP contribution in [-0.4, -0.2) is 31.4 Å². The molecule has 2 aromatic carbocycles. The molecule has 6 nitrogen and oxygen atoms in total. The highest BCUT2D eigenvalue weighted by Crippen LogP contribution is 2.24. The molecule has 2 aromatic heterocycles. The lowest BCUT2D eigenvalue weighted by molar-refractivity contribution is -0.119. The van der Waals surface area contributed by atoms with Gasteiger partial charge in [-0.3, -0.25) is 9.78 Å². The fourth-order valence-corrected chi connectivity index (χ4v) is 4.46. The lowest BCUT2D eigenvalue weighted by Crippen LogP contribution is -2.31. The van der Waals surface area contributed by atoms with E-state index < -0.39 is 0 Å². The third-order valence-electron chi connectivity index (χ3n) is 5.25. The van der Waals surface area contributed by atoms with Crippen molar-refractivity contribution < 1.29 is 4.79 Å². The molecule has 0 aliphatic rings. The van der Waals surface area contributed by atoms with Crippen molar-refractivity contribution in [2.75, 3.05) is 5.75 Å². The van der Waals surface area contributed by atoms with Crippen LogP contribution in [-0.2, 0) is 17.8 Å². The number of nitrogens with zero attached hydrogens (tertiary/aromatic N) is 4. The van der Waals surface area contributed by atoms with E-state index in [9.17, 15) is 4.79 Å². The topological polar surface area (TPSA) is 72.7 Å². The number of benzene rings is 2. The Balaban J connectivity index is 1.45. The van der Waals surface area contributed by atoms with Crippen LogP contribution in [0.15, 0.2) is 90.3 Å². The van der Waals surface area contributed by atoms with Gasteiger partial charge in [-0.05, 0) is 36.1 Å². The van der Waals surface area contributed by atoms with E-state index in [0.29, 0.717) is 0 Å². The van der Waals surface area contributed by atoms with Gasteiger partial charge in [0.05, 0.1) is 11.8 Å². The highest BCUT2D eigenvalue weighted by atomic mass is 32.2. The molecule has 0 spiro atoms. The molecular weight excluding hydrogens is 430 g/mol. The maximum absolute atomic E-state index is 12.9. The van der Waals surface area contributed by atoms with Crippen LogP contribution in [0.1, 0.15) is 30.5 Å². The van der Waals surface area contributed by atoms with E-state index in [1.807, 2.05) is 48.5 Å². The highest BCUT2D eigenvalue weighted by Gasteiger charge is 2.18. The fraction of sp³-hybridized carbons (Fsp3) is 0.231. The zero-order valence-corrected chi connectivity index (χ0v) is 19.4. The number of rotatable bonds is 10. The minimum Gasteiger partial charge on any atom is -0.348 e. The van der Waals surface area contributed by atoms with Crippen LogP contribution in [0.5, 0.6) is 0 Å². The number of carbonyl (C=O) groups is 1. The zero-order chi connectivity index (χ0) is 22.9. The molecule has 1 amide bonds. The van der Waals surface area contributed by atoms with Crippen LogP contribution in [0, 0.1) is 0 Å². The monoisotopic (exact) mass is 457 g/mol. The Morgan fingerprint density at radius 1 is 0.970 bits per heavy atom. The maximum Gasteiger partial charge on any atom is 0.230 e. The van der Waals surface area contributed by atoms with Crippen molar-refractivity contribution in [3.63, 3.8) is 0 Å². The van der Waals surface area contributed by atoms with Crippen molar-refractivity contribution in [1.82, 2.24) is 25.1 Å². The van der Waals surface area contributed by atoms with Crippen molar-refractivity contribution >= 4 is 17.7 Å². The molecule has 0 fully saturated rings. The van der Waals surface area contributed by atoms with E-state index >= 15 is 0 Å². The first-order chi connectivity index (χ1) is 16.2. The van der Waals surface area contributed by atoms with Crippen molar-refractivity contribution in [1.29, 1.82) is 0 Å². The first-order valence-corrected chi connectivity index (χ1v) is 12.1. The van der Waals surface area contributed by atoms with Crippen LogP contribution in [0.2, 0.25) is 0 Å². The van der Waals surface area contributed by atoms with Gasteiger partial charge in [0, 0.05) is 24.5 Å². The van der Waals surface area contributed by atoms with Crippen LogP contribution in [0.4, 0.5) is 0 Å². The van der Waals surface area contributed by atoms with Crippen molar-refractivity contribution in [3.05, 3.63) is 96.3 Å². The highest BCUT2D eigenvalue weighted by molar-refractivity contribution is 7.99. The quantitative estimate of drug-likeness (QED) is 0.341. The first-order valence-electron chi connectivity index (χ1n) is 11.1. The van der Waals surface area contributed by atoms with Crippen LogP contribution < -0.4 is 5.32 Å². The summed E-state index contributed by atoms with van der Waals surface area (Å²) in [6.07, 6.45) is 5.18. The minimum absolute atomic E-state index is 0.0266. The number of pyridine rings is 1. The first kappa shape index (κ1) is 22.7. The molecule has 2 heterocycles. The summed E-state index contributed by atoms with van der Waals surface area (Å²) in [4.78, 5) is 17.0. The molecular formula is C26H27N5OS. The SMILES string of the molecule is CCCn1c(SCC(=O)NC(Cc2ccccc2)c2ccccc2)nnc1-c1ccncc1. The zero-order valence-electron chi connectivity index (χ0n) is 18.6. The molecule has 7 heteroatoms. The summed E-state index contributed by atoms with van der Waals surface area (Å²) in [6.45, 7) is 2.90. The molecule has 0 radical (unpaired) electrons. The summed E-state index contributed by atoms with van der Waals surface area (Å²) in [7, 11) is 0. The van der Waals surface area contributed by atoms with Crippen molar-refractivity contribution in [3.8, 4) is 11.4 Å². The van der Waals surface area contributed by atoms with Gasteiger partial charge in [0.2, 0.25) is 5.91 Å². The van der Waals surface area contributed by atoms with Crippen molar-refractivity contribution in [2.24, 2.45) is 0 Å². The molecule has 0 saturated heterocycles. The van der Waals surface area contributed by atoms with Gasteiger partial charge in [0.1, 0.15) is 0 Å². The largest absolute Gasteiger partial charge is 0.348 e. The third kappa shape index (κ3) is 6.08. The second kappa shape index (κ2) is 11.4. The molecule has 4 aromatic rings. The predicted molar refractivity (Wildman–Crippen MR) is 132 cm³/mol. The third-order valence-corrected chi connectivity index (χ3v) is 6.22. The van der Waals surface area contributed by atoms with Crippen molar-refractivity contribution in [2.45, 2.75) is 37.5 Å². The van der Waals surface area contributed by atoms with E-state index in [-0.39, 0.29) is 17.7 Å². The number of nitrogens with one attached hydrogen (secondary N) is 1. The molecule has 1 unspecified atom stereocenters. The molecule has 168 valence electrons. The Morgan fingerprint density at radius 3 is 2.36 bits per heavy atom. The number of aromatic nitrogens is 4. The number of carbonyl (C=O) groups excluding carboxylic acids is 1. The Labute approximate surface area is 198 Å². The summed E-state index contributed by atoms with van der Waals surface area (Å²) in [5.41, 5.74) is 3.24. The molecule has 1 atom stereocenters. The summed E-state index contributed by atoms with van der Waals surface area (Å²) in [6, 6.07) is 24.1. The van der Waals surface area contributed by atoms with E-state index in [1.54, 1.807) is 12.4 Å². The predicted octanol–water partition coefficient (Wildman–Crippen LogP) is 4.94. The van der Waals surface area contributed by atoms with Gasteiger partial charge in [0.25, 0.3) is 0 Å². The molecule has 0 aliphatic carbocycles. The second-order valence-corrected chi connectivity index (χ2v) is 8.65. The Morgan fingerprint density at radius 2 is 1.67 bits per heavy atom. The van der Waals surface area contributed by atoms with E-state index in [1.165, 1.54) is 17.3 Å². The number of hydrogen-bond acceptors (Lipinski definition) is 5. The molecule has 0 saturated carbocycles. The summed E-state index contributed by atoms with van der Waals surface area (Å²) in [5, 5.41) is 12.7. The van der Waals surface area contributed by atoms with Gasteiger partial charge >= 0.3 is 0 Å². The molecule has 0 aliphatic heterocycles. The van der Waals surface area contributed by atoms with Gasteiger partial charge in [-0.25, -0.2) is 0 Å². The Bertz CT molecular complexity index is 1150. The fourth-order valence-electron chi connectivity index (χ4n) is 3.69. The van der Waals surface area contributed by atoms with Crippen LogP contribution >= 0.6 is 11.8 Å². The molecule has 0 bridgehead atoms. The summed E-state index contributed by atoms with van der Waals surface area (Å²) >= 11 is 1.42. The summed E-state index contributed by atoms with van der Waals surface area (Å²) in [5.74, 6) is 1.05. The molecule has 33 heavy (non-hydrogen) atoms. The second-order valence-electron chi connectivity index (χ2n) is 7.70. The number of hydrogen-bond donors (Lipinski definition) is 1. The van der Waals surface area contributed by atoms with E-state index in [2.05, 4.69) is 56.3 Å². The van der Waals surface area contributed by atoms with E-state index in [0.717, 1.165) is 41.5 Å². The Hall–Kier alpha value is -3.45. The van der Waals surface area contributed by atoms with Crippen LogP contribution in [0.25, 0.3) is 11.4 Å². The summed E-state index contributed by atoms with van der Waals surface area (Å²) < 4.78 is 2.08. The Kier molecular flexibility index (Phi) is 7.87. The minimum atomic E-state index is -0.0948. The van der Waals surface area contributed by atoms with Crippen LogP contribution in [0.3, 0.4) is 0 Å². The average molecular weight is 458 g/mol. The smallest absolute Gasteiger partial charge is 0.230 e. The molecule has 4 rings (SSSR count). The lowest BCUT2D eigenvalue weighted by atomic mass is 9.99. The van der Waals surface area contributed by atoms with Gasteiger partial charge in [-0.2, -0.15) is 0 Å². The standard InChI is InChI=1S/C26H27N5OS/c1-2-17-31-25(22-13-15-27-16-14-22)29-30-26(31)33-19-24(32)28-23(21-11-7-4-8-12-21)18-20-9-5-3-6-10-20/h3-16,23H,2,17-19H2,1H3,(H,28,32). The van der Waals surface area contributed by atoms with Gasteiger partial charge in [-0.1, -0.05) is 79.3 Å². The molecule has 1 N–H and O–H groups in total. The maximum atomic E-state index is 12.9. The average Bonchev–Trinajstić information content (AvgIpc) is 3.27. The normalized spacial score (nSPS) is 11.8. The number of thioether (sulfide) groups is 1. The number of amides is 1. The lowest BCUT2D eigenvalue weighted by Gasteiger charge is -2.19. The van der Waals surface area contributed by atoms with E-state index in [4.69, 9.17) is 0 Å². The van der Waals surface area contributed by atoms with Gasteiger partial charge in [0.15, 0.2) is 11.0 Å².